The molecule has 0 fully saturated rings. The zero-order chi connectivity index (χ0) is 16.1. The molecule has 1 unspecified atom stereocenters. The van der Waals surface area contributed by atoms with Crippen LogP contribution in [0, 0.1) is 5.92 Å². The molecule has 0 aromatic rings. The van der Waals surface area contributed by atoms with Crippen molar-refractivity contribution in [3.8, 4) is 0 Å². The van der Waals surface area contributed by atoms with Crippen molar-refractivity contribution < 1.29 is 19.0 Å². The van der Waals surface area contributed by atoms with Gasteiger partial charge in [-0.2, -0.15) is 0 Å². The predicted molar refractivity (Wildman–Crippen MR) is 82.8 cm³/mol. The lowest BCUT2D eigenvalue weighted by Crippen LogP contribution is -2.49. The first kappa shape index (κ1) is 20.1. The van der Waals surface area contributed by atoms with E-state index in [4.69, 9.17) is 19.9 Å². The first-order valence-corrected chi connectivity index (χ1v) is 7.75. The Bertz CT molecular complexity index is 262. The third kappa shape index (κ3) is 7.64. The number of urea groups is 1. The number of unbranched alkanes of at least 4 members (excludes halogenated alkanes) is 5. The molecule has 0 aromatic carbocycles. The summed E-state index contributed by atoms with van der Waals surface area (Å²) in [5.74, 6) is -1.26. The molecule has 6 heteroatoms. The molecule has 0 saturated carbocycles. The van der Waals surface area contributed by atoms with Crippen LogP contribution in [0.25, 0.3) is 0 Å². The van der Waals surface area contributed by atoms with Crippen LogP contribution >= 0.6 is 0 Å². The van der Waals surface area contributed by atoms with Crippen LogP contribution in [-0.4, -0.2) is 39.9 Å². The Kier molecular flexibility index (Phi) is 11.3. The standard InChI is InChI=1S/C15H32N2O4/c1-5-6-7-8-9-10-11-13(12-17-14(16)18)15(19-2,20-3)21-4/h13H,5-12H2,1-4H3,(H3,16,17,18). The molecule has 2 amide bonds. The van der Waals surface area contributed by atoms with E-state index in [-0.39, 0.29) is 5.92 Å². The van der Waals surface area contributed by atoms with Crippen molar-refractivity contribution in [3.05, 3.63) is 0 Å². The summed E-state index contributed by atoms with van der Waals surface area (Å²) in [6, 6.07) is -0.555. The van der Waals surface area contributed by atoms with Gasteiger partial charge in [0.2, 0.25) is 0 Å². The lowest BCUT2D eigenvalue weighted by Gasteiger charge is -2.36. The van der Waals surface area contributed by atoms with Crippen LogP contribution < -0.4 is 11.1 Å². The Morgan fingerprint density at radius 3 is 2.05 bits per heavy atom. The molecule has 0 aliphatic carbocycles. The first-order valence-electron chi connectivity index (χ1n) is 7.75. The van der Waals surface area contributed by atoms with Gasteiger partial charge in [0.25, 0.3) is 5.97 Å². The normalized spacial score (nSPS) is 13.1. The number of ether oxygens (including phenoxy) is 3. The third-order valence-electron chi connectivity index (χ3n) is 3.78. The summed E-state index contributed by atoms with van der Waals surface area (Å²) in [6.45, 7) is 2.56. The Balaban J connectivity index is 4.41. The van der Waals surface area contributed by atoms with Gasteiger partial charge in [0.15, 0.2) is 0 Å². The smallest absolute Gasteiger partial charge is 0.312 e. The second-order valence-corrected chi connectivity index (χ2v) is 5.21. The number of amides is 2. The van der Waals surface area contributed by atoms with Crippen LogP contribution in [0.2, 0.25) is 0 Å². The molecule has 3 N–H and O–H groups in total. The summed E-state index contributed by atoms with van der Waals surface area (Å²) >= 11 is 0. The maximum atomic E-state index is 10.9. The SMILES string of the molecule is CCCCCCCCC(CNC(N)=O)C(OC)(OC)OC. The minimum absolute atomic E-state index is 0.115. The van der Waals surface area contributed by atoms with Gasteiger partial charge in [-0.25, -0.2) is 4.79 Å². The van der Waals surface area contributed by atoms with Crippen molar-refractivity contribution in [1.82, 2.24) is 5.32 Å². The van der Waals surface area contributed by atoms with Crippen molar-refractivity contribution >= 4 is 6.03 Å². The van der Waals surface area contributed by atoms with E-state index < -0.39 is 12.0 Å². The molecule has 0 heterocycles. The first-order chi connectivity index (χ1) is 10.1. The van der Waals surface area contributed by atoms with Crippen molar-refractivity contribution in [1.29, 1.82) is 0 Å². The quantitative estimate of drug-likeness (QED) is 0.405. The maximum Gasteiger partial charge on any atom is 0.312 e. The maximum absolute atomic E-state index is 10.9. The van der Waals surface area contributed by atoms with Gasteiger partial charge >= 0.3 is 6.03 Å². The number of rotatable bonds is 13. The van der Waals surface area contributed by atoms with Crippen molar-refractivity contribution in [3.63, 3.8) is 0 Å². The largest absolute Gasteiger partial charge is 0.352 e. The number of hydrogen-bond acceptors (Lipinski definition) is 4. The number of primary amides is 1. The van der Waals surface area contributed by atoms with Gasteiger partial charge in [-0.1, -0.05) is 45.4 Å². The highest BCUT2D eigenvalue weighted by Gasteiger charge is 2.39. The highest BCUT2D eigenvalue weighted by atomic mass is 16.9. The van der Waals surface area contributed by atoms with Gasteiger partial charge in [-0.3, -0.25) is 0 Å². The zero-order valence-electron chi connectivity index (χ0n) is 13.9. The molecular weight excluding hydrogens is 272 g/mol. The number of carbonyl (C=O) groups is 1. The van der Waals surface area contributed by atoms with Crippen LogP contribution in [-0.2, 0) is 14.2 Å². The van der Waals surface area contributed by atoms with E-state index in [1.807, 2.05) is 0 Å². The molecule has 1 atom stereocenters. The highest BCUT2D eigenvalue weighted by Crippen LogP contribution is 2.28. The van der Waals surface area contributed by atoms with Gasteiger partial charge in [-0.15, -0.1) is 0 Å². The van der Waals surface area contributed by atoms with Crippen molar-refractivity contribution in [2.45, 2.75) is 57.8 Å². The van der Waals surface area contributed by atoms with E-state index in [0.717, 1.165) is 19.3 Å². The Morgan fingerprint density at radius 1 is 1.05 bits per heavy atom. The molecule has 0 saturated heterocycles. The van der Waals surface area contributed by atoms with E-state index in [1.54, 1.807) is 0 Å². The molecule has 0 radical (unpaired) electrons. The summed E-state index contributed by atoms with van der Waals surface area (Å²) < 4.78 is 16.2. The number of nitrogens with two attached hydrogens (primary N) is 1. The average Bonchev–Trinajstić information content (AvgIpc) is 2.49. The highest BCUT2D eigenvalue weighted by molar-refractivity contribution is 5.71. The van der Waals surface area contributed by atoms with E-state index >= 15 is 0 Å². The van der Waals surface area contributed by atoms with Gasteiger partial charge in [0.1, 0.15) is 0 Å². The van der Waals surface area contributed by atoms with E-state index in [1.165, 1.54) is 47.0 Å². The summed E-state index contributed by atoms with van der Waals surface area (Å²) in [7, 11) is 4.60. The molecule has 0 rings (SSSR count). The minimum atomic E-state index is -1.15. The fraction of sp³-hybridized carbons (Fsp3) is 0.933. The summed E-state index contributed by atoms with van der Waals surface area (Å²) in [6.07, 6.45) is 8.04. The van der Waals surface area contributed by atoms with E-state index in [9.17, 15) is 4.79 Å². The van der Waals surface area contributed by atoms with E-state index in [0.29, 0.717) is 6.54 Å². The molecule has 0 aliphatic rings. The number of hydrogen-bond donors (Lipinski definition) is 2. The van der Waals surface area contributed by atoms with Crippen molar-refractivity contribution in [2.24, 2.45) is 11.7 Å². The Morgan fingerprint density at radius 2 is 1.57 bits per heavy atom. The lowest BCUT2D eigenvalue weighted by molar-refractivity contribution is -0.378. The van der Waals surface area contributed by atoms with Crippen molar-refractivity contribution in [2.75, 3.05) is 27.9 Å². The van der Waals surface area contributed by atoms with Gasteiger partial charge in [-0.05, 0) is 6.42 Å². The topological polar surface area (TPSA) is 82.8 Å². The van der Waals surface area contributed by atoms with Crippen LogP contribution in [0.1, 0.15) is 51.9 Å². The van der Waals surface area contributed by atoms with Crippen LogP contribution in [0.5, 0.6) is 0 Å². The van der Waals surface area contributed by atoms with E-state index in [2.05, 4.69) is 12.2 Å². The average molecular weight is 304 g/mol. The fourth-order valence-corrected chi connectivity index (χ4v) is 2.55. The molecule has 6 nitrogen and oxygen atoms in total. The number of nitrogens with one attached hydrogen (secondary N) is 1. The number of methoxy groups -OCH3 is 3. The molecule has 21 heavy (non-hydrogen) atoms. The summed E-state index contributed by atoms with van der Waals surface area (Å²) in [5.41, 5.74) is 5.15. The Hall–Kier alpha value is -0.850. The molecule has 0 bridgehead atoms. The molecule has 0 aliphatic heterocycles. The molecule has 0 aromatic heterocycles. The monoisotopic (exact) mass is 304 g/mol. The van der Waals surface area contributed by atoms with Gasteiger partial charge < -0.3 is 25.3 Å². The predicted octanol–water partition coefficient (Wildman–Crippen LogP) is 2.61. The molecular formula is C15H32N2O4. The Labute approximate surface area is 128 Å². The summed E-state index contributed by atoms with van der Waals surface area (Å²) in [5, 5.41) is 2.61. The van der Waals surface area contributed by atoms with Gasteiger partial charge in [0.05, 0.1) is 5.92 Å². The zero-order valence-corrected chi connectivity index (χ0v) is 13.9. The van der Waals surface area contributed by atoms with Crippen LogP contribution in [0.3, 0.4) is 0 Å². The summed E-state index contributed by atoms with van der Waals surface area (Å²) in [4.78, 5) is 10.9. The van der Waals surface area contributed by atoms with Gasteiger partial charge in [0, 0.05) is 27.9 Å². The second-order valence-electron chi connectivity index (χ2n) is 5.21. The van der Waals surface area contributed by atoms with Crippen LogP contribution in [0.15, 0.2) is 0 Å². The fourth-order valence-electron chi connectivity index (χ4n) is 2.55. The van der Waals surface area contributed by atoms with Crippen LogP contribution in [0.4, 0.5) is 4.79 Å². The number of carbonyl (C=O) groups excluding carboxylic acids is 1. The minimum Gasteiger partial charge on any atom is -0.352 e. The lowest BCUT2D eigenvalue weighted by atomic mass is 9.97. The molecule has 126 valence electrons. The molecule has 0 spiro atoms. The third-order valence-corrected chi connectivity index (χ3v) is 3.78. The second kappa shape index (κ2) is 11.8.